The van der Waals surface area contributed by atoms with E-state index in [0.29, 0.717) is 5.92 Å². The Labute approximate surface area is 112 Å². The predicted octanol–water partition coefficient (Wildman–Crippen LogP) is 3.00. The lowest BCUT2D eigenvalue weighted by Gasteiger charge is -2.33. The van der Waals surface area contributed by atoms with Crippen LogP contribution in [0.5, 0.6) is 0 Å². The largest absolute Gasteiger partial charge is 0.393 e. The van der Waals surface area contributed by atoms with Gasteiger partial charge in [-0.25, -0.2) is 4.98 Å². The van der Waals surface area contributed by atoms with E-state index < -0.39 is 0 Å². The summed E-state index contributed by atoms with van der Waals surface area (Å²) < 4.78 is 2.25. The first-order chi connectivity index (χ1) is 9.36. The molecular formula is C16H18N2O. The molecule has 0 saturated heterocycles. The van der Waals surface area contributed by atoms with E-state index >= 15 is 0 Å². The molecule has 1 saturated carbocycles. The minimum atomic E-state index is -0.180. The smallest absolute Gasteiger partial charge is 0.0956 e. The summed E-state index contributed by atoms with van der Waals surface area (Å²) in [5.74, 6) is 0.324. The standard InChI is InChI=1S/C16H18N2O/c19-15-8-4-3-7-13(15)16-12-6-2-1-5-11(12)14-9-17-10-18(14)16/h1-2,5-6,9-10,13,15-16,19H,3-4,7-8H2/t13?,15-,16?/m0/s1. The Morgan fingerprint density at radius 2 is 2.00 bits per heavy atom. The molecule has 2 aromatic rings. The van der Waals surface area contributed by atoms with Crippen LogP contribution in [0.2, 0.25) is 0 Å². The Bertz CT molecular complexity index is 604. The molecule has 1 N–H and O–H groups in total. The lowest BCUT2D eigenvalue weighted by atomic mass is 9.79. The highest BCUT2D eigenvalue weighted by atomic mass is 16.3. The number of aliphatic hydroxyl groups is 1. The van der Waals surface area contributed by atoms with Crippen molar-refractivity contribution in [2.24, 2.45) is 5.92 Å². The Morgan fingerprint density at radius 1 is 1.16 bits per heavy atom. The van der Waals surface area contributed by atoms with Crippen LogP contribution in [0.15, 0.2) is 36.8 Å². The number of imidazole rings is 1. The molecule has 2 unspecified atom stereocenters. The van der Waals surface area contributed by atoms with Gasteiger partial charge in [0.2, 0.25) is 0 Å². The van der Waals surface area contributed by atoms with Crippen LogP contribution in [0, 0.1) is 5.92 Å². The van der Waals surface area contributed by atoms with Crippen molar-refractivity contribution in [1.82, 2.24) is 9.55 Å². The quantitative estimate of drug-likeness (QED) is 0.849. The monoisotopic (exact) mass is 254 g/mol. The van der Waals surface area contributed by atoms with Crippen molar-refractivity contribution in [2.45, 2.75) is 37.8 Å². The second-order valence-electron chi connectivity index (χ2n) is 5.73. The zero-order valence-electron chi connectivity index (χ0n) is 10.9. The number of aliphatic hydroxyl groups excluding tert-OH is 1. The summed E-state index contributed by atoms with van der Waals surface area (Å²) in [6.07, 6.45) is 8.11. The summed E-state index contributed by atoms with van der Waals surface area (Å²) in [6, 6.07) is 8.81. The molecule has 1 aromatic carbocycles. The normalized spacial score (nSPS) is 29.0. The van der Waals surface area contributed by atoms with Gasteiger partial charge in [0.05, 0.1) is 30.4 Å². The third kappa shape index (κ3) is 1.58. The lowest BCUT2D eigenvalue weighted by Crippen LogP contribution is -2.31. The summed E-state index contributed by atoms with van der Waals surface area (Å²) in [4.78, 5) is 4.29. The van der Waals surface area contributed by atoms with E-state index in [-0.39, 0.29) is 12.1 Å². The van der Waals surface area contributed by atoms with Gasteiger partial charge in [-0.1, -0.05) is 37.1 Å². The molecule has 1 aliphatic carbocycles. The van der Waals surface area contributed by atoms with E-state index in [1.807, 2.05) is 12.5 Å². The van der Waals surface area contributed by atoms with E-state index in [1.54, 1.807) is 0 Å². The van der Waals surface area contributed by atoms with Crippen LogP contribution in [0.25, 0.3) is 11.3 Å². The number of rotatable bonds is 1. The van der Waals surface area contributed by atoms with Gasteiger partial charge in [0.1, 0.15) is 0 Å². The summed E-state index contributed by atoms with van der Waals surface area (Å²) >= 11 is 0. The molecule has 0 radical (unpaired) electrons. The Kier molecular flexibility index (Phi) is 2.49. The van der Waals surface area contributed by atoms with Crippen LogP contribution in [0.1, 0.15) is 37.3 Å². The van der Waals surface area contributed by atoms with E-state index in [0.717, 1.165) is 19.3 Å². The first-order valence-electron chi connectivity index (χ1n) is 7.15. The molecule has 3 atom stereocenters. The highest BCUT2D eigenvalue weighted by Gasteiger charge is 2.38. The number of hydrogen-bond donors (Lipinski definition) is 1. The predicted molar refractivity (Wildman–Crippen MR) is 73.8 cm³/mol. The van der Waals surface area contributed by atoms with E-state index in [2.05, 4.69) is 33.8 Å². The number of nitrogens with zero attached hydrogens (tertiary/aromatic N) is 2. The summed E-state index contributed by atoms with van der Waals surface area (Å²) in [6.45, 7) is 0. The van der Waals surface area contributed by atoms with Gasteiger partial charge in [-0.15, -0.1) is 0 Å². The molecule has 2 aliphatic rings. The minimum Gasteiger partial charge on any atom is -0.393 e. The highest BCUT2D eigenvalue weighted by Crippen LogP contribution is 2.46. The van der Waals surface area contributed by atoms with Crippen molar-refractivity contribution in [3.8, 4) is 11.3 Å². The molecule has 3 nitrogen and oxygen atoms in total. The SMILES string of the molecule is O[C@H]1CCCCC1C1c2ccccc2-c2cncn21. The summed E-state index contributed by atoms with van der Waals surface area (Å²) in [5, 5.41) is 10.4. The average molecular weight is 254 g/mol. The molecule has 3 heteroatoms. The van der Waals surface area contributed by atoms with Crippen molar-refractivity contribution in [3.05, 3.63) is 42.4 Å². The van der Waals surface area contributed by atoms with Crippen molar-refractivity contribution in [1.29, 1.82) is 0 Å². The van der Waals surface area contributed by atoms with E-state index in [1.165, 1.54) is 23.2 Å². The Morgan fingerprint density at radius 3 is 2.89 bits per heavy atom. The summed E-state index contributed by atoms with van der Waals surface area (Å²) in [7, 11) is 0. The maximum atomic E-state index is 10.4. The van der Waals surface area contributed by atoms with Gasteiger partial charge in [0, 0.05) is 11.5 Å². The number of benzene rings is 1. The van der Waals surface area contributed by atoms with Crippen LogP contribution < -0.4 is 0 Å². The molecule has 2 heterocycles. The average Bonchev–Trinajstić information content (AvgIpc) is 3.00. The van der Waals surface area contributed by atoms with Gasteiger partial charge in [0.25, 0.3) is 0 Å². The van der Waals surface area contributed by atoms with Crippen molar-refractivity contribution in [2.75, 3.05) is 0 Å². The minimum absolute atomic E-state index is 0.180. The Hall–Kier alpha value is -1.61. The van der Waals surface area contributed by atoms with Gasteiger partial charge >= 0.3 is 0 Å². The lowest BCUT2D eigenvalue weighted by molar-refractivity contribution is 0.0504. The van der Waals surface area contributed by atoms with Gasteiger partial charge in [-0.05, 0) is 18.4 Å². The highest BCUT2D eigenvalue weighted by molar-refractivity contribution is 5.69. The molecular weight excluding hydrogens is 236 g/mol. The molecule has 98 valence electrons. The molecule has 0 bridgehead atoms. The second kappa shape index (κ2) is 4.20. The van der Waals surface area contributed by atoms with Gasteiger partial charge in [0.15, 0.2) is 0 Å². The fourth-order valence-electron chi connectivity index (χ4n) is 3.82. The molecule has 0 amide bonds. The molecule has 19 heavy (non-hydrogen) atoms. The fourth-order valence-corrected chi connectivity index (χ4v) is 3.82. The third-order valence-corrected chi connectivity index (χ3v) is 4.71. The van der Waals surface area contributed by atoms with Crippen molar-refractivity contribution < 1.29 is 5.11 Å². The molecule has 1 aromatic heterocycles. The van der Waals surface area contributed by atoms with Gasteiger partial charge in [-0.2, -0.15) is 0 Å². The van der Waals surface area contributed by atoms with Crippen molar-refractivity contribution in [3.63, 3.8) is 0 Å². The molecule has 1 aliphatic heterocycles. The number of aromatic nitrogens is 2. The number of fused-ring (bicyclic) bond motifs is 3. The topological polar surface area (TPSA) is 38.1 Å². The molecule has 1 fully saturated rings. The fraction of sp³-hybridized carbons (Fsp3) is 0.438. The maximum absolute atomic E-state index is 10.4. The van der Waals surface area contributed by atoms with Crippen molar-refractivity contribution >= 4 is 0 Å². The summed E-state index contributed by atoms with van der Waals surface area (Å²) in [5.41, 5.74) is 3.83. The third-order valence-electron chi connectivity index (χ3n) is 4.71. The van der Waals surface area contributed by atoms with Gasteiger partial charge < -0.3 is 9.67 Å². The Balaban J connectivity index is 1.84. The van der Waals surface area contributed by atoms with Crippen LogP contribution >= 0.6 is 0 Å². The first-order valence-corrected chi connectivity index (χ1v) is 7.15. The first kappa shape index (κ1) is 11.2. The number of hydrogen-bond acceptors (Lipinski definition) is 2. The van der Waals surface area contributed by atoms with E-state index in [4.69, 9.17) is 0 Å². The zero-order chi connectivity index (χ0) is 12.8. The van der Waals surface area contributed by atoms with E-state index in [9.17, 15) is 5.11 Å². The van der Waals surface area contributed by atoms with Crippen LogP contribution in [0.3, 0.4) is 0 Å². The molecule has 4 rings (SSSR count). The van der Waals surface area contributed by atoms with Crippen LogP contribution in [0.4, 0.5) is 0 Å². The maximum Gasteiger partial charge on any atom is 0.0956 e. The second-order valence-corrected chi connectivity index (χ2v) is 5.73. The van der Waals surface area contributed by atoms with Crippen LogP contribution in [-0.2, 0) is 0 Å². The zero-order valence-corrected chi connectivity index (χ0v) is 10.9. The van der Waals surface area contributed by atoms with Gasteiger partial charge in [-0.3, -0.25) is 0 Å². The van der Waals surface area contributed by atoms with Crippen LogP contribution in [-0.4, -0.2) is 20.8 Å². The molecule has 0 spiro atoms.